The Morgan fingerprint density at radius 1 is 1.03 bits per heavy atom. The lowest BCUT2D eigenvalue weighted by atomic mass is 9.92. The van der Waals surface area contributed by atoms with E-state index in [1.807, 2.05) is 35.3 Å². The second-order valence-corrected chi connectivity index (χ2v) is 10.4. The van der Waals surface area contributed by atoms with Crippen LogP contribution in [0.1, 0.15) is 44.1 Å². The minimum Gasteiger partial charge on any atom is -0.490 e. The average Bonchev–Trinajstić information content (AvgIpc) is 3.70. The smallest absolute Gasteiger partial charge is 0.254 e. The van der Waals surface area contributed by atoms with Gasteiger partial charge in [-0.3, -0.25) is 14.3 Å². The van der Waals surface area contributed by atoms with Crippen LogP contribution in [0.4, 0.5) is 0 Å². The number of hydrogen-bond donors (Lipinski definition) is 1. The molecule has 0 spiro atoms. The Morgan fingerprint density at radius 3 is 2.57 bits per heavy atom. The van der Waals surface area contributed by atoms with Gasteiger partial charge in [-0.05, 0) is 55.7 Å². The minimum atomic E-state index is -0.0978. The lowest BCUT2D eigenvalue weighted by Crippen LogP contribution is -2.40. The Balaban J connectivity index is 1.24. The highest BCUT2D eigenvalue weighted by atomic mass is 16.5. The quantitative estimate of drug-likeness (QED) is 0.404. The zero-order chi connectivity index (χ0) is 25.4. The van der Waals surface area contributed by atoms with E-state index in [2.05, 4.69) is 40.7 Å². The van der Waals surface area contributed by atoms with E-state index in [9.17, 15) is 9.59 Å². The van der Waals surface area contributed by atoms with Gasteiger partial charge >= 0.3 is 0 Å². The maximum Gasteiger partial charge on any atom is 0.254 e. The van der Waals surface area contributed by atoms with Crippen LogP contribution in [0.2, 0.25) is 0 Å². The van der Waals surface area contributed by atoms with Crippen LogP contribution in [0.3, 0.4) is 0 Å². The Labute approximate surface area is 216 Å². The molecule has 2 aliphatic carbocycles. The number of aromatic nitrogens is 3. The summed E-state index contributed by atoms with van der Waals surface area (Å²) in [6.07, 6.45) is 9.32. The van der Waals surface area contributed by atoms with Crippen molar-refractivity contribution in [2.24, 2.45) is 13.0 Å². The molecule has 0 saturated heterocycles. The summed E-state index contributed by atoms with van der Waals surface area (Å²) < 4.78 is 10.1. The first-order valence-corrected chi connectivity index (χ1v) is 13.2. The van der Waals surface area contributed by atoms with Gasteiger partial charge in [-0.2, -0.15) is 5.10 Å². The first kappa shape index (κ1) is 23.5. The molecule has 37 heavy (non-hydrogen) atoms. The lowest BCUT2D eigenvalue weighted by Gasteiger charge is -2.30. The van der Waals surface area contributed by atoms with E-state index in [1.54, 1.807) is 17.7 Å². The van der Waals surface area contributed by atoms with Gasteiger partial charge in [0.05, 0.1) is 24.4 Å². The molecule has 2 aromatic carbocycles. The predicted octanol–water partition coefficient (Wildman–Crippen LogP) is 4.67. The molecule has 2 fully saturated rings. The third kappa shape index (κ3) is 5.17. The molecule has 7 nitrogen and oxygen atoms in total. The van der Waals surface area contributed by atoms with E-state index in [1.165, 1.54) is 5.56 Å². The van der Waals surface area contributed by atoms with Gasteiger partial charge in [0.2, 0.25) is 5.91 Å². The number of pyridine rings is 1. The number of nitrogens with zero attached hydrogens (tertiary/aromatic N) is 3. The van der Waals surface area contributed by atoms with Crippen LogP contribution in [0, 0.1) is 5.92 Å². The van der Waals surface area contributed by atoms with Crippen LogP contribution in [0.25, 0.3) is 22.0 Å². The van der Waals surface area contributed by atoms with Crippen LogP contribution in [0.15, 0.2) is 71.8 Å². The predicted molar refractivity (Wildman–Crippen MR) is 143 cm³/mol. The van der Waals surface area contributed by atoms with E-state index in [0.717, 1.165) is 60.6 Å². The molecule has 0 radical (unpaired) electrons. The van der Waals surface area contributed by atoms with Crippen LogP contribution in [-0.4, -0.2) is 32.4 Å². The molecule has 190 valence electrons. The monoisotopic (exact) mass is 496 g/mol. The highest BCUT2D eigenvalue weighted by Gasteiger charge is 2.32. The van der Waals surface area contributed by atoms with Gasteiger partial charge in [0.15, 0.2) is 0 Å². The zero-order valence-electron chi connectivity index (χ0n) is 21.1. The van der Waals surface area contributed by atoms with Crippen molar-refractivity contribution >= 4 is 16.8 Å². The summed E-state index contributed by atoms with van der Waals surface area (Å²) in [5.74, 6) is 1.06. The van der Waals surface area contributed by atoms with Gasteiger partial charge in [0, 0.05) is 42.2 Å². The number of carbonyl (C=O) groups is 1. The van der Waals surface area contributed by atoms with Crippen LogP contribution < -0.4 is 15.6 Å². The molecule has 2 aliphatic rings. The number of ether oxygens (including phenoxy) is 1. The van der Waals surface area contributed by atoms with E-state index in [4.69, 9.17) is 4.74 Å². The minimum absolute atomic E-state index is 0.0206. The maximum atomic E-state index is 12.6. The molecule has 0 bridgehead atoms. The normalized spacial score (nSPS) is 19.6. The van der Waals surface area contributed by atoms with Crippen molar-refractivity contribution < 1.29 is 9.53 Å². The number of benzene rings is 2. The summed E-state index contributed by atoms with van der Waals surface area (Å²) >= 11 is 0. The molecule has 6 rings (SSSR count). The summed E-state index contributed by atoms with van der Waals surface area (Å²) in [5, 5.41) is 8.88. The van der Waals surface area contributed by atoms with Gasteiger partial charge in [-0.15, -0.1) is 0 Å². The Morgan fingerprint density at radius 2 is 1.81 bits per heavy atom. The van der Waals surface area contributed by atoms with Crippen LogP contribution in [0.5, 0.6) is 5.75 Å². The Kier molecular flexibility index (Phi) is 6.28. The maximum absolute atomic E-state index is 12.6. The molecule has 1 amide bonds. The number of nitrogens with one attached hydrogen (secondary N) is 1. The molecule has 2 aromatic heterocycles. The summed E-state index contributed by atoms with van der Waals surface area (Å²) in [4.78, 5) is 24.7. The molecule has 7 heteroatoms. The van der Waals surface area contributed by atoms with Crippen molar-refractivity contribution in [3.05, 3.63) is 82.9 Å². The van der Waals surface area contributed by atoms with Gasteiger partial charge in [-0.25, -0.2) is 0 Å². The third-order valence-electron chi connectivity index (χ3n) is 7.58. The second-order valence-electron chi connectivity index (χ2n) is 10.4. The fourth-order valence-electron chi connectivity index (χ4n) is 5.22. The standard InChI is InChI=1S/C30H32N4O3/c1-33-19-26(22-9-10-23-17-31-34(27(23)15-22)18-20-5-3-2-4-6-20)28(16-29(33)35)37-25-13-11-24(12-14-25)32-30(36)21-7-8-21/h2-6,9-10,15-17,19,21,24-25H,7-8,11-14,18H2,1H3,(H,32,36)/t24-,25-. The second kappa shape index (κ2) is 9.88. The molecule has 2 heterocycles. The largest absolute Gasteiger partial charge is 0.490 e. The molecule has 0 unspecified atom stereocenters. The Bertz CT molecular complexity index is 1480. The van der Waals surface area contributed by atoms with Gasteiger partial charge < -0.3 is 14.6 Å². The molecular weight excluding hydrogens is 464 g/mol. The average molecular weight is 497 g/mol. The van der Waals surface area contributed by atoms with Crippen LogP contribution >= 0.6 is 0 Å². The number of fused-ring (bicyclic) bond motifs is 1. The SMILES string of the molecule is Cn1cc(-c2ccc3cnn(Cc4ccccc4)c3c2)c(O[C@H]2CC[C@H](NC(=O)C3CC3)CC2)cc1=O. The van der Waals surface area contributed by atoms with E-state index < -0.39 is 0 Å². The number of carbonyl (C=O) groups excluding carboxylic acids is 1. The molecule has 4 aromatic rings. The van der Waals surface area contributed by atoms with Crippen molar-refractivity contribution in [3.8, 4) is 16.9 Å². The highest BCUT2D eigenvalue weighted by molar-refractivity contribution is 5.85. The first-order valence-electron chi connectivity index (χ1n) is 13.2. The summed E-state index contributed by atoms with van der Waals surface area (Å²) in [5.41, 5.74) is 4.00. The van der Waals surface area contributed by atoms with E-state index in [0.29, 0.717) is 12.3 Å². The Hall–Kier alpha value is -3.87. The third-order valence-corrected chi connectivity index (χ3v) is 7.58. The van der Waals surface area contributed by atoms with Gasteiger partial charge in [0.25, 0.3) is 5.56 Å². The number of amides is 1. The zero-order valence-corrected chi connectivity index (χ0v) is 21.1. The molecular formula is C30H32N4O3. The fraction of sp³-hybridized carbons (Fsp3) is 0.367. The lowest BCUT2D eigenvalue weighted by molar-refractivity contribution is -0.123. The summed E-state index contributed by atoms with van der Waals surface area (Å²) in [6, 6.07) is 18.4. The van der Waals surface area contributed by atoms with Gasteiger partial charge in [-0.1, -0.05) is 42.5 Å². The van der Waals surface area contributed by atoms with Crippen molar-refractivity contribution in [2.75, 3.05) is 0 Å². The first-order chi connectivity index (χ1) is 18.0. The topological polar surface area (TPSA) is 78.2 Å². The van der Waals surface area contributed by atoms with Crippen molar-refractivity contribution in [3.63, 3.8) is 0 Å². The summed E-state index contributed by atoms with van der Waals surface area (Å²) in [7, 11) is 1.77. The van der Waals surface area contributed by atoms with Gasteiger partial charge in [0.1, 0.15) is 5.75 Å². The number of rotatable bonds is 7. The molecule has 1 N–H and O–H groups in total. The highest BCUT2D eigenvalue weighted by Crippen LogP contribution is 2.34. The molecule has 0 aliphatic heterocycles. The van der Waals surface area contributed by atoms with Crippen molar-refractivity contribution in [2.45, 2.75) is 57.2 Å². The van der Waals surface area contributed by atoms with E-state index >= 15 is 0 Å². The number of aryl methyl sites for hydroxylation is 1. The van der Waals surface area contributed by atoms with Crippen molar-refractivity contribution in [1.29, 1.82) is 0 Å². The molecule has 0 atom stereocenters. The fourth-order valence-corrected chi connectivity index (χ4v) is 5.22. The summed E-state index contributed by atoms with van der Waals surface area (Å²) in [6.45, 7) is 0.685. The van der Waals surface area contributed by atoms with Crippen molar-refractivity contribution in [1.82, 2.24) is 19.7 Å². The number of hydrogen-bond acceptors (Lipinski definition) is 4. The van der Waals surface area contributed by atoms with Crippen LogP contribution in [-0.2, 0) is 18.4 Å². The molecule has 2 saturated carbocycles. The van der Waals surface area contributed by atoms with E-state index in [-0.39, 0.29) is 29.5 Å².